The van der Waals surface area contributed by atoms with Crippen LogP contribution in [0.25, 0.3) is 0 Å². The molecule has 1 unspecified atom stereocenters. The molecule has 1 N–H and O–H groups in total. The summed E-state index contributed by atoms with van der Waals surface area (Å²) in [5.41, 5.74) is 1.15. The smallest absolute Gasteiger partial charge is 0.0592 e. The third-order valence-corrected chi connectivity index (χ3v) is 2.60. The summed E-state index contributed by atoms with van der Waals surface area (Å²) in [5, 5.41) is 13.9. The van der Waals surface area contributed by atoms with Crippen LogP contribution >= 0.6 is 0 Å². The molecule has 1 aromatic rings. The molecule has 0 aliphatic carbocycles. The predicted molar refractivity (Wildman–Crippen MR) is 57.0 cm³/mol. The molecule has 1 rings (SSSR count). The fourth-order valence-corrected chi connectivity index (χ4v) is 1.36. The van der Waals surface area contributed by atoms with Crippen molar-refractivity contribution in [3.05, 3.63) is 18.0 Å². The third kappa shape index (κ3) is 2.84. The molecule has 0 fully saturated rings. The number of hydrogen-bond donors (Lipinski definition) is 1. The maximum Gasteiger partial charge on any atom is 0.0592 e. The molecule has 1 aromatic heterocycles. The third-order valence-electron chi connectivity index (χ3n) is 2.60. The van der Waals surface area contributed by atoms with Crippen molar-refractivity contribution in [1.82, 2.24) is 9.78 Å². The molecule has 3 nitrogen and oxygen atoms in total. The topological polar surface area (TPSA) is 38.0 Å². The molecular weight excluding hydrogens is 176 g/mol. The summed E-state index contributed by atoms with van der Waals surface area (Å²) in [6, 6.07) is 2.00. The maximum atomic E-state index is 9.85. The molecule has 14 heavy (non-hydrogen) atoms. The highest BCUT2D eigenvalue weighted by molar-refractivity contribution is 5.00. The zero-order valence-electron chi connectivity index (χ0n) is 9.49. The lowest BCUT2D eigenvalue weighted by Gasteiger charge is -2.25. The van der Waals surface area contributed by atoms with E-state index in [1.54, 1.807) is 6.20 Å². The van der Waals surface area contributed by atoms with Crippen LogP contribution in [0.5, 0.6) is 0 Å². The molecule has 0 aliphatic rings. The van der Waals surface area contributed by atoms with E-state index in [1.165, 1.54) is 5.69 Å². The van der Waals surface area contributed by atoms with Crippen LogP contribution in [0.3, 0.4) is 0 Å². The first-order valence-corrected chi connectivity index (χ1v) is 5.06. The molecule has 0 aliphatic heterocycles. The minimum atomic E-state index is -0.252. The number of rotatable bonds is 3. The molecule has 0 spiro atoms. The lowest BCUT2D eigenvalue weighted by molar-refractivity contribution is 0.0556. The van der Waals surface area contributed by atoms with Gasteiger partial charge in [0.05, 0.1) is 6.10 Å². The Morgan fingerprint density at radius 1 is 1.50 bits per heavy atom. The van der Waals surface area contributed by atoms with E-state index in [1.807, 2.05) is 17.8 Å². The van der Waals surface area contributed by atoms with Gasteiger partial charge in [-0.15, -0.1) is 0 Å². The summed E-state index contributed by atoms with van der Waals surface area (Å²) >= 11 is 0. The molecule has 3 heteroatoms. The number of aromatic nitrogens is 2. The van der Waals surface area contributed by atoms with Gasteiger partial charge < -0.3 is 5.11 Å². The average Bonchev–Trinajstić information content (AvgIpc) is 2.45. The summed E-state index contributed by atoms with van der Waals surface area (Å²) in [7, 11) is 1.93. The largest absolute Gasteiger partial charge is 0.393 e. The van der Waals surface area contributed by atoms with Crippen LogP contribution < -0.4 is 0 Å². The number of hydrogen-bond acceptors (Lipinski definition) is 2. The van der Waals surface area contributed by atoms with E-state index in [4.69, 9.17) is 0 Å². The van der Waals surface area contributed by atoms with Crippen molar-refractivity contribution < 1.29 is 5.11 Å². The Labute approximate surface area is 85.8 Å². The van der Waals surface area contributed by atoms with Crippen LogP contribution in [0.1, 0.15) is 32.9 Å². The normalized spacial score (nSPS) is 14.4. The van der Waals surface area contributed by atoms with Crippen molar-refractivity contribution >= 4 is 0 Å². The standard InChI is InChI=1S/C11H20N2O/c1-11(2,3)10(14)6-5-9-7-8-12-13(9)4/h7-8,10,14H,5-6H2,1-4H3. The Morgan fingerprint density at radius 2 is 2.14 bits per heavy atom. The molecule has 0 saturated carbocycles. The summed E-state index contributed by atoms with van der Waals surface area (Å²) in [6.07, 6.45) is 3.22. The van der Waals surface area contributed by atoms with Gasteiger partial charge >= 0.3 is 0 Å². The van der Waals surface area contributed by atoms with Gasteiger partial charge in [-0.2, -0.15) is 5.10 Å². The molecule has 0 saturated heterocycles. The molecule has 0 aromatic carbocycles. The molecular formula is C11H20N2O. The average molecular weight is 196 g/mol. The second-order valence-electron chi connectivity index (χ2n) is 4.87. The number of aliphatic hydroxyl groups is 1. The van der Waals surface area contributed by atoms with Crippen LogP contribution in [0.2, 0.25) is 0 Å². The van der Waals surface area contributed by atoms with E-state index in [9.17, 15) is 5.11 Å². The van der Waals surface area contributed by atoms with Gasteiger partial charge in [0, 0.05) is 18.9 Å². The molecule has 80 valence electrons. The van der Waals surface area contributed by atoms with E-state index in [2.05, 4.69) is 25.9 Å². The van der Waals surface area contributed by atoms with Crippen LogP contribution in [-0.2, 0) is 13.5 Å². The van der Waals surface area contributed by atoms with Crippen molar-refractivity contribution in [1.29, 1.82) is 0 Å². The van der Waals surface area contributed by atoms with Gasteiger partial charge in [-0.3, -0.25) is 4.68 Å². The molecule has 1 heterocycles. The van der Waals surface area contributed by atoms with Crippen LogP contribution in [0.4, 0.5) is 0 Å². The fraction of sp³-hybridized carbons (Fsp3) is 0.727. The quantitative estimate of drug-likeness (QED) is 0.800. The lowest BCUT2D eigenvalue weighted by Crippen LogP contribution is -2.26. The maximum absolute atomic E-state index is 9.85. The summed E-state index contributed by atoms with van der Waals surface area (Å²) in [5.74, 6) is 0. The van der Waals surface area contributed by atoms with E-state index < -0.39 is 0 Å². The van der Waals surface area contributed by atoms with Crippen LogP contribution in [0.15, 0.2) is 12.3 Å². The number of nitrogens with zero attached hydrogens (tertiary/aromatic N) is 2. The SMILES string of the molecule is Cn1nccc1CCC(O)C(C)(C)C. The summed E-state index contributed by atoms with van der Waals surface area (Å²) in [6.45, 7) is 6.17. The molecule has 0 bridgehead atoms. The van der Waals surface area contributed by atoms with E-state index in [-0.39, 0.29) is 11.5 Å². The van der Waals surface area contributed by atoms with Crippen molar-refractivity contribution in [3.8, 4) is 0 Å². The van der Waals surface area contributed by atoms with Gasteiger partial charge in [0.15, 0.2) is 0 Å². The van der Waals surface area contributed by atoms with Crippen molar-refractivity contribution in [2.24, 2.45) is 12.5 Å². The van der Waals surface area contributed by atoms with E-state index in [0.29, 0.717) is 0 Å². The second kappa shape index (κ2) is 4.13. The Hall–Kier alpha value is -0.830. The Kier molecular flexibility index (Phi) is 3.32. The van der Waals surface area contributed by atoms with Crippen molar-refractivity contribution in [2.75, 3.05) is 0 Å². The molecule has 1 atom stereocenters. The van der Waals surface area contributed by atoms with Gasteiger partial charge in [0.25, 0.3) is 0 Å². The first-order chi connectivity index (χ1) is 6.41. The van der Waals surface area contributed by atoms with Crippen molar-refractivity contribution in [3.63, 3.8) is 0 Å². The summed E-state index contributed by atoms with van der Waals surface area (Å²) in [4.78, 5) is 0. The summed E-state index contributed by atoms with van der Waals surface area (Å²) < 4.78 is 1.86. The molecule has 0 amide bonds. The lowest BCUT2D eigenvalue weighted by atomic mass is 9.86. The predicted octanol–water partition coefficient (Wildman–Crippen LogP) is 1.76. The zero-order chi connectivity index (χ0) is 10.8. The Morgan fingerprint density at radius 3 is 2.57 bits per heavy atom. The van der Waals surface area contributed by atoms with Crippen LogP contribution in [0, 0.1) is 5.41 Å². The molecule has 0 radical (unpaired) electrons. The highest BCUT2D eigenvalue weighted by Gasteiger charge is 2.21. The van der Waals surface area contributed by atoms with E-state index >= 15 is 0 Å². The van der Waals surface area contributed by atoms with Gasteiger partial charge in [-0.1, -0.05) is 20.8 Å². The monoisotopic (exact) mass is 196 g/mol. The number of aliphatic hydroxyl groups excluding tert-OH is 1. The van der Waals surface area contributed by atoms with Gasteiger partial charge in [0.1, 0.15) is 0 Å². The van der Waals surface area contributed by atoms with Crippen LogP contribution in [-0.4, -0.2) is 21.0 Å². The van der Waals surface area contributed by atoms with Crippen molar-refractivity contribution in [2.45, 2.75) is 39.7 Å². The first-order valence-electron chi connectivity index (χ1n) is 5.06. The Bertz CT molecular complexity index is 286. The highest BCUT2D eigenvalue weighted by Crippen LogP contribution is 2.22. The van der Waals surface area contributed by atoms with Gasteiger partial charge in [0.2, 0.25) is 0 Å². The van der Waals surface area contributed by atoms with Gasteiger partial charge in [-0.25, -0.2) is 0 Å². The minimum Gasteiger partial charge on any atom is -0.393 e. The number of aryl methyl sites for hydroxylation is 2. The van der Waals surface area contributed by atoms with Gasteiger partial charge in [-0.05, 0) is 24.3 Å². The fourth-order valence-electron chi connectivity index (χ4n) is 1.36. The first kappa shape index (κ1) is 11.2. The highest BCUT2D eigenvalue weighted by atomic mass is 16.3. The minimum absolute atomic E-state index is 0.0292. The zero-order valence-corrected chi connectivity index (χ0v) is 9.49. The Balaban J connectivity index is 2.46. The van der Waals surface area contributed by atoms with E-state index in [0.717, 1.165) is 12.8 Å². The second-order valence-corrected chi connectivity index (χ2v) is 4.87.